The Kier molecular flexibility index (Phi) is 2.99. The first-order valence-corrected chi connectivity index (χ1v) is 6.04. The van der Waals surface area contributed by atoms with Crippen LogP contribution in [0.25, 0.3) is 0 Å². The van der Waals surface area contributed by atoms with Crippen molar-refractivity contribution in [3.63, 3.8) is 0 Å². The van der Waals surface area contributed by atoms with Crippen molar-refractivity contribution in [2.45, 2.75) is 39.0 Å². The van der Waals surface area contributed by atoms with Gasteiger partial charge in [-0.25, -0.2) is 0 Å². The van der Waals surface area contributed by atoms with E-state index in [-0.39, 0.29) is 0 Å². The summed E-state index contributed by atoms with van der Waals surface area (Å²) in [6, 6.07) is 8.37. The molecule has 1 saturated carbocycles. The number of nitrogen functional groups attached to an aromatic ring is 1. The summed E-state index contributed by atoms with van der Waals surface area (Å²) in [5, 5.41) is 0. The first-order valence-electron chi connectivity index (χ1n) is 6.04. The molecule has 2 atom stereocenters. The van der Waals surface area contributed by atoms with Gasteiger partial charge >= 0.3 is 0 Å². The molecule has 0 unspecified atom stereocenters. The van der Waals surface area contributed by atoms with Crippen LogP contribution in [0, 0.1) is 11.8 Å². The Labute approximate surface area is 92.7 Å². The second-order valence-corrected chi connectivity index (χ2v) is 5.04. The van der Waals surface area contributed by atoms with E-state index in [9.17, 15) is 0 Å². The van der Waals surface area contributed by atoms with Crippen LogP contribution < -0.4 is 5.73 Å². The van der Waals surface area contributed by atoms with Gasteiger partial charge < -0.3 is 5.73 Å². The third-order valence-corrected chi connectivity index (χ3v) is 3.90. The van der Waals surface area contributed by atoms with Gasteiger partial charge in [0.1, 0.15) is 0 Å². The molecule has 1 nitrogen and oxygen atoms in total. The Balaban J connectivity index is 2.31. The molecule has 0 spiro atoms. The Bertz CT molecular complexity index is 322. The number of benzene rings is 1. The zero-order valence-corrected chi connectivity index (χ0v) is 9.74. The van der Waals surface area contributed by atoms with E-state index in [0.29, 0.717) is 5.92 Å². The third-order valence-electron chi connectivity index (χ3n) is 3.90. The lowest BCUT2D eigenvalue weighted by atomic mass is 9.70. The molecule has 1 fully saturated rings. The number of rotatable bonds is 1. The molecule has 2 rings (SSSR count). The van der Waals surface area contributed by atoms with Crippen molar-refractivity contribution in [3.05, 3.63) is 29.8 Å². The molecule has 82 valence electrons. The fourth-order valence-electron chi connectivity index (χ4n) is 3.11. The Morgan fingerprint density at radius 3 is 2.27 bits per heavy atom. The van der Waals surface area contributed by atoms with Crippen LogP contribution >= 0.6 is 0 Å². The van der Waals surface area contributed by atoms with Crippen LogP contribution in [0.1, 0.15) is 44.6 Å². The first kappa shape index (κ1) is 10.5. The minimum absolute atomic E-state index is 0.667. The molecule has 0 saturated heterocycles. The second kappa shape index (κ2) is 4.26. The summed E-state index contributed by atoms with van der Waals surface area (Å²) >= 11 is 0. The van der Waals surface area contributed by atoms with Gasteiger partial charge in [-0.15, -0.1) is 0 Å². The van der Waals surface area contributed by atoms with Gasteiger partial charge in [0.25, 0.3) is 0 Å². The lowest BCUT2D eigenvalue weighted by Crippen LogP contribution is -2.23. The highest BCUT2D eigenvalue weighted by molar-refractivity contribution is 5.49. The summed E-state index contributed by atoms with van der Waals surface area (Å²) in [7, 11) is 0. The maximum absolute atomic E-state index is 6.08. The summed E-state index contributed by atoms with van der Waals surface area (Å²) in [6.07, 6.45) is 4.08. The molecule has 0 heterocycles. The van der Waals surface area contributed by atoms with E-state index in [0.717, 1.165) is 17.5 Å². The molecular weight excluding hydrogens is 182 g/mol. The Morgan fingerprint density at radius 2 is 1.67 bits per heavy atom. The molecule has 0 amide bonds. The summed E-state index contributed by atoms with van der Waals surface area (Å²) in [4.78, 5) is 0. The molecule has 0 radical (unpaired) electrons. The van der Waals surface area contributed by atoms with E-state index in [1.165, 1.54) is 24.8 Å². The Hall–Kier alpha value is -0.980. The van der Waals surface area contributed by atoms with Gasteiger partial charge in [0.15, 0.2) is 0 Å². The molecule has 1 aromatic carbocycles. The van der Waals surface area contributed by atoms with Gasteiger partial charge in [0.2, 0.25) is 0 Å². The van der Waals surface area contributed by atoms with Gasteiger partial charge in [-0.1, -0.05) is 51.3 Å². The van der Waals surface area contributed by atoms with Crippen molar-refractivity contribution in [3.8, 4) is 0 Å². The normalized spacial score (nSPS) is 27.9. The lowest BCUT2D eigenvalue weighted by molar-refractivity contribution is 0.249. The summed E-state index contributed by atoms with van der Waals surface area (Å²) < 4.78 is 0. The fourth-order valence-corrected chi connectivity index (χ4v) is 3.11. The molecule has 1 aromatic rings. The van der Waals surface area contributed by atoms with Crippen LogP contribution in [-0.4, -0.2) is 0 Å². The standard InChI is InChI=1S/C14H21N/c1-10-6-5-7-11(2)14(10)12-8-3-4-9-13(12)15/h3-4,8-11,14H,5-7,15H2,1-2H3/t10-,11-/m0/s1. The topological polar surface area (TPSA) is 26.0 Å². The molecule has 0 aromatic heterocycles. The van der Waals surface area contributed by atoms with Gasteiger partial charge in [-0.3, -0.25) is 0 Å². The summed E-state index contributed by atoms with van der Waals surface area (Å²) in [6.45, 7) is 4.74. The average molecular weight is 203 g/mol. The molecule has 0 aliphatic heterocycles. The average Bonchev–Trinajstić information content (AvgIpc) is 2.20. The number of hydrogen-bond donors (Lipinski definition) is 1. The fraction of sp³-hybridized carbons (Fsp3) is 0.571. The lowest BCUT2D eigenvalue weighted by Gasteiger charge is -2.35. The SMILES string of the molecule is C[C@H]1CCC[C@H](C)C1c1ccccc1N. The molecule has 2 N–H and O–H groups in total. The van der Waals surface area contributed by atoms with E-state index in [1.54, 1.807) is 0 Å². The number of hydrogen-bond acceptors (Lipinski definition) is 1. The van der Waals surface area contributed by atoms with Crippen molar-refractivity contribution in [1.82, 2.24) is 0 Å². The van der Waals surface area contributed by atoms with E-state index in [4.69, 9.17) is 5.73 Å². The molecule has 1 heteroatoms. The number of anilines is 1. The maximum Gasteiger partial charge on any atom is 0.0349 e. The quantitative estimate of drug-likeness (QED) is 0.690. The highest BCUT2D eigenvalue weighted by atomic mass is 14.6. The van der Waals surface area contributed by atoms with Crippen molar-refractivity contribution in [1.29, 1.82) is 0 Å². The zero-order valence-electron chi connectivity index (χ0n) is 9.74. The van der Waals surface area contributed by atoms with Crippen molar-refractivity contribution < 1.29 is 0 Å². The predicted molar refractivity (Wildman–Crippen MR) is 65.8 cm³/mol. The van der Waals surface area contributed by atoms with Crippen molar-refractivity contribution in [2.24, 2.45) is 11.8 Å². The molecular formula is C14H21N. The minimum atomic E-state index is 0.667. The first-order chi connectivity index (χ1) is 7.20. The van der Waals surface area contributed by atoms with Gasteiger partial charge in [-0.05, 0) is 29.4 Å². The van der Waals surface area contributed by atoms with Gasteiger partial charge in [-0.2, -0.15) is 0 Å². The van der Waals surface area contributed by atoms with Crippen LogP contribution in [0.5, 0.6) is 0 Å². The smallest absolute Gasteiger partial charge is 0.0349 e. The van der Waals surface area contributed by atoms with E-state index in [2.05, 4.69) is 26.0 Å². The molecule has 15 heavy (non-hydrogen) atoms. The number of nitrogens with two attached hydrogens (primary N) is 1. The second-order valence-electron chi connectivity index (χ2n) is 5.04. The van der Waals surface area contributed by atoms with Gasteiger partial charge in [0, 0.05) is 5.69 Å². The van der Waals surface area contributed by atoms with Crippen LogP contribution in [0.2, 0.25) is 0 Å². The minimum Gasteiger partial charge on any atom is -0.398 e. The number of para-hydroxylation sites is 1. The summed E-state index contributed by atoms with van der Waals surface area (Å²) in [5.41, 5.74) is 8.42. The van der Waals surface area contributed by atoms with Crippen molar-refractivity contribution >= 4 is 5.69 Å². The largest absolute Gasteiger partial charge is 0.398 e. The van der Waals surface area contributed by atoms with Crippen molar-refractivity contribution in [2.75, 3.05) is 5.73 Å². The van der Waals surface area contributed by atoms with Crippen LogP contribution in [0.3, 0.4) is 0 Å². The van der Waals surface area contributed by atoms with E-state index in [1.807, 2.05) is 12.1 Å². The predicted octanol–water partition coefficient (Wildman–Crippen LogP) is 3.81. The van der Waals surface area contributed by atoms with Crippen LogP contribution in [0.15, 0.2) is 24.3 Å². The highest BCUT2D eigenvalue weighted by Crippen LogP contribution is 2.43. The maximum atomic E-state index is 6.08. The van der Waals surface area contributed by atoms with Gasteiger partial charge in [0.05, 0.1) is 0 Å². The molecule has 1 aliphatic carbocycles. The zero-order chi connectivity index (χ0) is 10.8. The Morgan fingerprint density at radius 1 is 1.07 bits per heavy atom. The third kappa shape index (κ3) is 2.01. The molecule has 1 aliphatic rings. The molecule has 0 bridgehead atoms. The summed E-state index contributed by atoms with van der Waals surface area (Å²) in [5.74, 6) is 2.22. The van der Waals surface area contributed by atoms with E-state index < -0.39 is 0 Å². The van der Waals surface area contributed by atoms with E-state index >= 15 is 0 Å². The highest BCUT2D eigenvalue weighted by Gasteiger charge is 2.29. The van der Waals surface area contributed by atoms with Crippen LogP contribution in [0.4, 0.5) is 5.69 Å². The monoisotopic (exact) mass is 203 g/mol. The van der Waals surface area contributed by atoms with Crippen LogP contribution in [-0.2, 0) is 0 Å².